The monoisotopic (exact) mass is 348 g/mol. The second kappa shape index (κ2) is 6.76. The molecule has 3 heteroatoms. The summed E-state index contributed by atoms with van der Waals surface area (Å²) >= 11 is 1.74. The first kappa shape index (κ1) is 15.4. The van der Waals surface area contributed by atoms with Crippen LogP contribution in [0, 0.1) is 6.92 Å². The molecular weight excluding hydrogens is 331 g/mol. The van der Waals surface area contributed by atoms with E-state index in [1.807, 2.05) is 12.1 Å². The predicted molar refractivity (Wildman–Crippen MR) is 106 cm³/mol. The second-order valence-electron chi connectivity index (χ2n) is 5.57. The van der Waals surface area contributed by atoms with Gasteiger partial charge in [0.05, 0.1) is 0 Å². The van der Waals surface area contributed by atoms with Gasteiger partial charge in [-0.15, -0.1) is 0 Å². The van der Waals surface area contributed by atoms with Crippen LogP contribution in [0.4, 0.5) is 0 Å². The molecule has 0 N–H and O–H groups in total. The molecule has 24 heavy (non-hydrogen) atoms. The Morgan fingerprint density at radius 3 is 1.83 bits per heavy atom. The van der Waals surface area contributed by atoms with E-state index in [1.54, 1.807) is 11.3 Å². The summed E-state index contributed by atoms with van der Waals surface area (Å²) in [5.41, 5.74) is 1.23. The number of benzene rings is 3. The number of aryl methyl sites for hydroxylation is 1. The molecule has 0 aliphatic rings. The Balaban J connectivity index is 1.78. The fourth-order valence-electron chi connectivity index (χ4n) is 2.70. The third kappa shape index (κ3) is 2.96. The first-order valence-electron chi connectivity index (χ1n) is 7.89. The molecular formula is C21H17OPS. The van der Waals surface area contributed by atoms with E-state index in [0.717, 1.165) is 5.06 Å². The zero-order chi connectivity index (χ0) is 16.4. The number of hydrogen-bond donors (Lipinski definition) is 0. The molecule has 4 rings (SSSR count). The highest BCUT2D eigenvalue weighted by molar-refractivity contribution is 7.69. The quantitative estimate of drug-likeness (QED) is 0.434. The molecule has 0 saturated carbocycles. The van der Waals surface area contributed by atoms with Crippen LogP contribution < -0.4 is 15.1 Å². The van der Waals surface area contributed by atoms with Crippen LogP contribution in [-0.2, 0) is 0 Å². The minimum Gasteiger partial charge on any atom is -0.454 e. The maximum Gasteiger partial charge on any atom is 0.182 e. The lowest BCUT2D eigenvalue weighted by Gasteiger charge is -2.18. The molecule has 0 unspecified atom stereocenters. The lowest BCUT2D eigenvalue weighted by atomic mass is 10.2. The molecule has 0 bridgehead atoms. The van der Waals surface area contributed by atoms with Gasteiger partial charge < -0.3 is 4.52 Å². The van der Waals surface area contributed by atoms with Crippen LogP contribution in [-0.4, -0.2) is 0 Å². The number of thiophene rings is 1. The Morgan fingerprint density at radius 2 is 1.25 bits per heavy atom. The van der Waals surface area contributed by atoms with Crippen molar-refractivity contribution in [3.05, 3.63) is 90.5 Å². The highest BCUT2D eigenvalue weighted by atomic mass is 32.1. The van der Waals surface area contributed by atoms with Crippen molar-refractivity contribution in [2.45, 2.75) is 6.92 Å². The Morgan fingerprint density at radius 1 is 0.708 bits per heavy atom. The van der Waals surface area contributed by atoms with Gasteiger partial charge >= 0.3 is 0 Å². The van der Waals surface area contributed by atoms with Crippen molar-refractivity contribution < 1.29 is 4.52 Å². The Kier molecular flexibility index (Phi) is 4.34. The second-order valence-corrected chi connectivity index (χ2v) is 8.39. The molecule has 0 radical (unpaired) electrons. The Labute approximate surface area is 147 Å². The van der Waals surface area contributed by atoms with E-state index in [1.165, 1.54) is 26.3 Å². The normalized spacial score (nSPS) is 11.1. The van der Waals surface area contributed by atoms with Crippen molar-refractivity contribution in [1.82, 2.24) is 0 Å². The third-order valence-electron chi connectivity index (χ3n) is 3.96. The molecule has 0 aliphatic heterocycles. The van der Waals surface area contributed by atoms with Gasteiger partial charge in [0.2, 0.25) is 0 Å². The van der Waals surface area contributed by atoms with E-state index < -0.39 is 8.15 Å². The molecule has 0 spiro atoms. The van der Waals surface area contributed by atoms with E-state index in [2.05, 4.69) is 79.7 Å². The molecule has 0 aliphatic carbocycles. The van der Waals surface area contributed by atoms with E-state index in [-0.39, 0.29) is 0 Å². The van der Waals surface area contributed by atoms with Crippen molar-refractivity contribution in [2.24, 2.45) is 0 Å². The van der Waals surface area contributed by atoms with E-state index in [0.29, 0.717) is 0 Å². The molecule has 3 aromatic carbocycles. The molecule has 1 heterocycles. The fourth-order valence-corrected chi connectivity index (χ4v) is 5.71. The van der Waals surface area contributed by atoms with E-state index >= 15 is 0 Å². The number of rotatable bonds is 4. The first-order chi connectivity index (χ1) is 11.8. The van der Waals surface area contributed by atoms with Crippen LogP contribution in [0.3, 0.4) is 0 Å². The molecule has 0 amide bonds. The summed E-state index contributed by atoms with van der Waals surface area (Å²) in [6, 6.07) is 29.5. The van der Waals surface area contributed by atoms with E-state index in [9.17, 15) is 0 Å². The highest BCUT2D eigenvalue weighted by Gasteiger charge is 2.19. The maximum absolute atomic E-state index is 6.59. The molecule has 0 fully saturated rings. The summed E-state index contributed by atoms with van der Waals surface area (Å²) in [6.45, 7) is 2.15. The minimum atomic E-state index is -0.870. The topological polar surface area (TPSA) is 9.23 Å². The fraction of sp³-hybridized carbons (Fsp3) is 0.0476. The van der Waals surface area contributed by atoms with Crippen molar-refractivity contribution >= 4 is 40.2 Å². The van der Waals surface area contributed by atoms with Gasteiger partial charge in [-0.25, -0.2) is 0 Å². The van der Waals surface area contributed by atoms with Crippen molar-refractivity contribution in [2.75, 3.05) is 0 Å². The maximum atomic E-state index is 6.59. The summed E-state index contributed by atoms with van der Waals surface area (Å²) in [5.74, 6) is 0. The minimum absolute atomic E-state index is 0.870. The summed E-state index contributed by atoms with van der Waals surface area (Å²) in [7, 11) is -0.870. The lowest BCUT2D eigenvalue weighted by Crippen LogP contribution is -2.15. The summed E-state index contributed by atoms with van der Waals surface area (Å²) < 4.78 is 7.86. The number of fused-ring (bicyclic) bond motifs is 1. The molecule has 118 valence electrons. The Hall–Kier alpha value is -2.15. The summed E-state index contributed by atoms with van der Waals surface area (Å²) in [5, 5.41) is 4.77. The lowest BCUT2D eigenvalue weighted by molar-refractivity contribution is 0.644. The first-order valence-corrected chi connectivity index (χ1v) is 9.97. The van der Waals surface area contributed by atoms with Crippen molar-refractivity contribution in [1.29, 1.82) is 0 Å². The zero-order valence-corrected chi connectivity index (χ0v) is 15.1. The summed E-state index contributed by atoms with van der Waals surface area (Å²) in [6.07, 6.45) is 0. The molecule has 0 saturated heterocycles. The molecule has 1 aromatic heterocycles. The van der Waals surface area contributed by atoms with Gasteiger partial charge in [-0.3, -0.25) is 0 Å². The Bertz CT molecular complexity index is 908. The van der Waals surface area contributed by atoms with Gasteiger partial charge in [0, 0.05) is 20.9 Å². The van der Waals surface area contributed by atoms with Crippen LogP contribution in [0.2, 0.25) is 0 Å². The third-order valence-corrected chi connectivity index (χ3v) is 7.13. The summed E-state index contributed by atoms with van der Waals surface area (Å²) in [4.78, 5) is 0. The molecule has 1 nitrogen and oxygen atoms in total. The van der Waals surface area contributed by atoms with Gasteiger partial charge in [0.25, 0.3) is 0 Å². The van der Waals surface area contributed by atoms with Gasteiger partial charge in [-0.2, -0.15) is 0 Å². The van der Waals surface area contributed by atoms with Crippen LogP contribution >= 0.6 is 19.5 Å². The number of hydrogen-bond acceptors (Lipinski definition) is 2. The van der Waals surface area contributed by atoms with Crippen LogP contribution in [0.1, 0.15) is 5.56 Å². The van der Waals surface area contributed by atoms with Crippen LogP contribution in [0.5, 0.6) is 5.06 Å². The average Bonchev–Trinajstić information content (AvgIpc) is 2.97. The average molecular weight is 348 g/mol. The van der Waals surface area contributed by atoms with Gasteiger partial charge in [-0.05, 0) is 18.4 Å². The van der Waals surface area contributed by atoms with Gasteiger partial charge in [-0.1, -0.05) is 90.2 Å². The smallest absolute Gasteiger partial charge is 0.182 e. The zero-order valence-electron chi connectivity index (χ0n) is 13.3. The largest absolute Gasteiger partial charge is 0.454 e. The van der Waals surface area contributed by atoms with Crippen LogP contribution in [0.25, 0.3) is 10.1 Å². The van der Waals surface area contributed by atoms with Gasteiger partial charge in [0.1, 0.15) is 0 Å². The SMILES string of the molecule is Cc1c(OP(c2ccccc2)c2ccccc2)sc2ccccc12. The highest BCUT2D eigenvalue weighted by Crippen LogP contribution is 2.44. The van der Waals surface area contributed by atoms with Crippen molar-refractivity contribution in [3.8, 4) is 5.06 Å². The van der Waals surface area contributed by atoms with Crippen molar-refractivity contribution in [3.63, 3.8) is 0 Å². The van der Waals surface area contributed by atoms with Crippen LogP contribution in [0.15, 0.2) is 84.9 Å². The van der Waals surface area contributed by atoms with E-state index in [4.69, 9.17) is 4.52 Å². The molecule has 4 aromatic rings. The standard InChI is InChI=1S/C21H17OPS/c1-16-19-14-8-9-15-20(19)24-21(16)22-23(17-10-4-2-5-11-17)18-12-6-3-7-13-18/h2-15H,1H3. The van der Waals surface area contributed by atoms with Gasteiger partial charge in [0.15, 0.2) is 13.2 Å². The predicted octanol–water partition coefficient (Wildman–Crippen LogP) is 5.64. The molecule has 0 atom stereocenters.